The molecule has 8 nitrogen and oxygen atoms in total. The number of aliphatic hydroxyl groups is 1. The fraction of sp³-hybridized carbons (Fsp3) is 0.429. The molecule has 8 heteroatoms. The number of benzene rings is 1. The molecule has 2 aromatic heterocycles. The molecular weight excluding hydrogens is 454 g/mol. The van der Waals surface area contributed by atoms with Crippen LogP contribution in [-0.2, 0) is 6.54 Å². The van der Waals surface area contributed by atoms with Crippen molar-refractivity contribution in [1.82, 2.24) is 20.3 Å². The Balaban J connectivity index is 0.00000148. The zero-order chi connectivity index (χ0) is 25.9. The van der Waals surface area contributed by atoms with E-state index in [-0.39, 0.29) is 6.10 Å². The summed E-state index contributed by atoms with van der Waals surface area (Å²) < 4.78 is 0. The summed E-state index contributed by atoms with van der Waals surface area (Å²) in [6.45, 7) is 12.6. The Morgan fingerprint density at radius 2 is 2.00 bits per heavy atom. The Morgan fingerprint density at radius 1 is 1.25 bits per heavy atom. The van der Waals surface area contributed by atoms with Gasteiger partial charge in [-0.15, -0.1) is 0 Å². The number of nitrogens with one attached hydrogen (secondary N) is 3. The number of aromatic nitrogens is 3. The van der Waals surface area contributed by atoms with E-state index in [0.717, 1.165) is 64.8 Å². The maximum absolute atomic E-state index is 9.55. The number of fused-ring (bicyclic) bond motifs is 1. The summed E-state index contributed by atoms with van der Waals surface area (Å²) in [6.07, 6.45) is 11.5. The topological polar surface area (TPSA) is 115 Å². The number of anilines is 1. The second-order valence-corrected chi connectivity index (χ2v) is 9.79. The highest BCUT2D eigenvalue weighted by molar-refractivity contribution is 5.91. The van der Waals surface area contributed by atoms with Gasteiger partial charge in [0, 0.05) is 29.9 Å². The van der Waals surface area contributed by atoms with Crippen molar-refractivity contribution in [2.75, 3.05) is 5.32 Å². The van der Waals surface area contributed by atoms with E-state index >= 15 is 0 Å². The molecule has 2 fully saturated rings. The molecule has 0 amide bonds. The first-order chi connectivity index (χ1) is 17.4. The van der Waals surface area contributed by atoms with Gasteiger partial charge in [-0.05, 0) is 74.3 Å². The van der Waals surface area contributed by atoms with Crippen LogP contribution in [0.3, 0.4) is 0 Å². The van der Waals surface area contributed by atoms with Crippen molar-refractivity contribution in [3.05, 3.63) is 65.4 Å². The smallest absolute Gasteiger partial charge is 0.189 e. The predicted molar refractivity (Wildman–Crippen MR) is 144 cm³/mol. The molecule has 0 saturated heterocycles. The highest BCUT2D eigenvalue weighted by Crippen LogP contribution is 2.55. The molecule has 36 heavy (non-hydrogen) atoms. The number of hydrogen-bond acceptors (Lipinski definition) is 7. The summed E-state index contributed by atoms with van der Waals surface area (Å²) in [5, 5.41) is 26.5. The van der Waals surface area contributed by atoms with E-state index < -0.39 is 0 Å². The summed E-state index contributed by atoms with van der Waals surface area (Å²) in [6, 6.07) is 4.10. The molecule has 5 rings (SSSR count). The minimum Gasteiger partial charge on any atom is -0.393 e. The number of rotatable bonds is 8. The Labute approximate surface area is 212 Å². The second-order valence-electron chi connectivity index (χ2n) is 9.79. The van der Waals surface area contributed by atoms with Crippen molar-refractivity contribution in [2.24, 2.45) is 5.41 Å². The number of hydrogen-bond donors (Lipinski definition) is 5. The van der Waals surface area contributed by atoms with Gasteiger partial charge in [-0.3, -0.25) is 4.98 Å². The number of allylic oxidation sites excluding steroid dienone is 1. The van der Waals surface area contributed by atoms with Crippen LogP contribution >= 0.6 is 0 Å². The largest absolute Gasteiger partial charge is 0.393 e. The Bertz CT molecular complexity index is 1250. The van der Waals surface area contributed by atoms with Gasteiger partial charge in [-0.1, -0.05) is 26.5 Å². The minimum atomic E-state index is -0.0942. The van der Waals surface area contributed by atoms with E-state index in [1.807, 2.05) is 52.1 Å². The van der Waals surface area contributed by atoms with Crippen molar-refractivity contribution >= 4 is 22.8 Å². The summed E-state index contributed by atoms with van der Waals surface area (Å²) in [7, 11) is 0. The van der Waals surface area contributed by atoms with E-state index in [2.05, 4.69) is 37.1 Å². The molecule has 3 aromatic rings. The van der Waals surface area contributed by atoms with Crippen LogP contribution in [0.5, 0.6) is 5.75 Å². The lowest BCUT2D eigenvalue weighted by molar-refractivity contribution is -0.136. The van der Waals surface area contributed by atoms with Crippen LogP contribution in [0.1, 0.15) is 62.0 Å². The molecule has 2 heterocycles. The first-order valence-electron chi connectivity index (χ1n) is 12.7. The van der Waals surface area contributed by atoms with Crippen LogP contribution in [0.4, 0.5) is 5.82 Å². The van der Waals surface area contributed by atoms with Gasteiger partial charge >= 0.3 is 0 Å². The number of aliphatic hydroxyl groups excluding tert-OH is 1. The van der Waals surface area contributed by atoms with Crippen molar-refractivity contribution in [3.63, 3.8) is 0 Å². The van der Waals surface area contributed by atoms with Gasteiger partial charge in [0.2, 0.25) is 0 Å². The average Bonchev–Trinajstić information content (AvgIpc) is 3.23. The third-order valence-corrected chi connectivity index (χ3v) is 7.15. The monoisotopic (exact) mass is 491 g/mol. The Morgan fingerprint density at radius 3 is 2.67 bits per heavy atom. The first-order valence-corrected chi connectivity index (χ1v) is 12.7. The van der Waals surface area contributed by atoms with E-state index in [0.29, 0.717) is 29.6 Å². The summed E-state index contributed by atoms with van der Waals surface area (Å²) in [5.41, 5.74) is 5.77. The van der Waals surface area contributed by atoms with E-state index in [1.54, 1.807) is 12.3 Å². The standard InChI is InChI=1S/C26H31N5O3.C2H6/c1-15-12-29-25-22(34-33)7-5-18(24(15)25)13-28-23-14-27-21(17(3)31-23)6-4-16(2)30-19-8-26(9-19)10-20(32)11-26;1-2/h4-7,12,14,19-20,29-30,32-33H,2,8-11,13H2,1,3H3,(H,28,31);1-2H3/b6-4-;. The van der Waals surface area contributed by atoms with Gasteiger partial charge in [0.15, 0.2) is 5.75 Å². The van der Waals surface area contributed by atoms with Gasteiger partial charge < -0.3 is 25.6 Å². The molecule has 1 spiro atoms. The van der Waals surface area contributed by atoms with Gasteiger partial charge in [0.1, 0.15) is 5.82 Å². The molecule has 0 aliphatic heterocycles. The fourth-order valence-corrected chi connectivity index (χ4v) is 5.47. The molecule has 0 atom stereocenters. The molecule has 0 bridgehead atoms. The van der Waals surface area contributed by atoms with Crippen molar-refractivity contribution < 1.29 is 15.3 Å². The third-order valence-electron chi connectivity index (χ3n) is 7.15. The van der Waals surface area contributed by atoms with E-state index in [9.17, 15) is 5.11 Å². The Hall–Kier alpha value is -3.36. The van der Waals surface area contributed by atoms with E-state index in [4.69, 9.17) is 5.26 Å². The SMILES string of the molecule is C=C(/C=C\c1ncc(NCc2ccc(OO)c3[nH]cc(C)c23)nc1C)NC1CC2(CC(O)C2)C1.CC. The molecule has 2 aliphatic rings. The highest BCUT2D eigenvalue weighted by atomic mass is 17.1. The molecular formula is C28H37N5O3. The van der Waals surface area contributed by atoms with Gasteiger partial charge in [0.25, 0.3) is 0 Å². The zero-order valence-electron chi connectivity index (χ0n) is 21.6. The summed E-state index contributed by atoms with van der Waals surface area (Å²) in [5.74, 6) is 1.09. The lowest BCUT2D eigenvalue weighted by atomic mass is 9.53. The lowest BCUT2D eigenvalue weighted by Crippen LogP contribution is -2.56. The molecule has 5 N–H and O–H groups in total. The van der Waals surface area contributed by atoms with E-state index in [1.165, 1.54) is 0 Å². The van der Waals surface area contributed by atoms with Crippen LogP contribution in [0.25, 0.3) is 17.0 Å². The highest BCUT2D eigenvalue weighted by Gasteiger charge is 2.52. The predicted octanol–water partition coefficient (Wildman–Crippen LogP) is 5.48. The maximum atomic E-state index is 9.55. The molecule has 192 valence electrons. The molecule has 0 unspecified atom stereocenters. The van der Waals surface area contributed by atoms with Crippen molar-refractivity contribution in [3.8, 4) is 5.75 Å². The minimum absolute atomic E-state index is 0.0942. The van der Waals surface area contributed by atoms with Crippen molar-refractivity contribution in [1.29, 1.82) is 0 Å². The number of nitrogens with zero attached hydrogens (tertiary/aromatic N) is 2. The third kappa shape index (κ3) is 5.24. The molecule has 2 saturated carbocycles. The number of aromatic amines is 1. The van der Waals surface area contributed by atoms with Crippen LogP contribution in [0.15, 0.2) is 42.9 Å². The fourth-order valence-electron chi connectivity index (χ4n) is 5.47. The summed E-state index contributed by atoms with van der Waals surface area (Å²) >= 11 is 0. The zero-order valence-corrected chi connectivity index (χ0v) is 21.6. The number of H-pyrrole nitrogens is 1. The Kier molecular flexibility index (Phi) is 7.66. The van der Waals surface area contributed by atoms with Crippen molar-refractivity contribution in [2.45, 2.75) is 72.1 Å². The maximum Gasteiger partial charge on any atom is 0.189 e. The number of aryl methyl sites for hydroxylation is 2. The first kappa shape index (κ1) is 25.7. The van der Waals surface area contributed by atoms with Crippen LogP contribution < -0.4 is 15.5 Å². The quantitative estimate of drug-likeness (QED) is 0.161. The normalized spacial score (nSPS) is 22.5. The molecule has 1 aromatic carbocycles. The van der Waals surface area contributed by atoms with Gasteiger partial charge in [0.05, 0.1) is 29.2 Å². The summed E-state index contributed by atoms with van der Waals surface area (Å²) in [4.78, 5) is 16.8. The van der Waals surface area contributed by atoms with Crippen LogP contribution in [-0.4, -0.2) is 37.5 Å². The average molecular weight is 492 g/mol. The van der Waals surface area contributed by atoms with Gasteiger partial charge in [-0.2, -0.15) is 0 Å². The van der Waals surface area contributed by atoms with Gasteiger partial charge in [-0.25, -0.2) is 10.2 Å². The lowest BCUT2D eigenvalue weighted by Gasteiger charge is -2.56. The molecule has 2 aliphatic carbocycles. The van der Waals surface area contributed by atoms with Crippen LogP contribution in [0.2, 0.25) is 0 Å². The molecule has 0 radical (unpaired) electrons. The van der Waals surface area contributed by atoms with Crippen LogP contribution in [0, 0.1) is 19.3 Å². The second kappa shape index (κ2) is 10.7.